The molecule has 28 heavy (non-hydrogen) atoms. The van der Waals surface area contributed by atoms with Crippen LogP contribution in [-0.2, 0) is 6.54 Å². The van der Waals surface area contributed by atoms with Crippen LogP contribution in [0.5, 0.6) is 0 Å². The van der Waals surface area contributed by atoms with E-state index in [2.05, 4.69) is 28.1 Å². The number of carbonyl (C=O) groups excluding carboxylic acids is 1. The highest BCUT2D eigenvalue weighted by atomic mass is 35.5. The molecule has 3 aromatic carbocycles. The molecule has 1 atom stereocenters. The van der Waals surface area contributed by atoms with Gasteiger partial charge in [0, 0.05) is 17.1 Å². The van der Waals surface area contributed by atoms with E-state index in [-0.39, 0.29) is 11.9 Å². The van der Waals surface area contributed by atoms with Gasteiger partial charge in [-0.2, -0.15) is 0 Å². The fourth-order valence-corrected chi connectivity index (χ4v) is 3.52. The average Bonchev–Trinajstić information content (AvgIpc) is 3.07. The Kier molecular flexibility index (Phi) is 5.13. The van der Waals surface area contributed by atoms with E-state index in [1.807, 2.05) is 43.3 Å². The molecular formula is C23H20ClN3O. The van der Waals surface area contributed by atoms with Gasteiger partial charge in [0.2, 0.25) is 0 Å². The van der Waals surface area contributed by atoms with E-state index in [9.17, 15) is 4.79 Å². The first-order valence-electron chi connectivity index (χ1n) is 9.17. The highest BCUT2D eigenvalue weighted by Crippen LogP contribution is 2.23. The van der Waals surface area contributed by atoms with E-state index in [0.717, 1.165) is 16.9 Å². The third kappa shape index (κ3) is 3.78. The molecule has 0 spiro atoms. The Morgan fingerprint density at radius 3 is 2.57 bits per heavy atom. The maximum absolute atomic E-state index is 12.7. The number of carbonyl (C=O) groups is 1. The Labute approximate surface area is 168 Å². The summed E-state index contributed by atoms with van der Waals surface area (Å²) in [7, 11) is 0. The number of hydrogen-bond donors (Lipinski definition) is 1. The van der Waals surface area contributed by atoms with Crippen LogP contribution in [-0.4, -0.2) is 15.5 Å². The Morgan fingerprint density at radius 1 is 1.04 bits per heavy atom. The third-order valence-corrected chi connectivity index (χ3v) is 4.92. The van der Waals surface area contributed by atoms with Gasteiger partial charge in [0.1, 0.15) is 5.82 Å². The highest BCUT2D eigenvalue weighted by Gasteiger charge is 2.19. The van der Waals surface area contributed by atoms with Gasteiger partial charge < -0.3 is 9.88 Å². The second-order valence-electron chi connectivity index (χ2n) is 6.74. The molecule has 4 aromatic rings. The lowest BCUT2D eigenvalue weighted by Gasteiger charge is -2.17. The number of fused-ring (bicyclic) bond motifs is 1. The Morgan fingerprint density at radius 2 is 1.79 bits per heavy atom. The number of amides is 1. The van der Waals surface area contributed by atoms with E-state index in [1.165, 1.54) is 5.56 Å². The van der Waals surface area contributed by atoms with Crippen LogP contribution in [0.1, 0.15) is 34.7 Å². The fourth-order valence-electron chi connectivity index (χ4n) is 3.33. The summed E-state index contributed by atoms with van der Waals surface area (Å²) in [5.41, 5.74) is 3.67. The molecule has 0 bridgehead atoms. The van der Waals surface area contributed by atoms with Crippen molar-refractivity contribution in [1.82, 2.24) is 14.9 Å². The Balaban J connectivity index is 1.67. The zero-order valence-electron chi connectivity index (χ0n) is 15.5. The van der Waals surface area contributed by atoms with Crippen LogP contribution in [0.3, 0.4) is 0 Å². The van der Waals surface area contributed by atoms with Gasteiger partial charge in [-0.25, -0.2) is 4.98 Å². The first kappa shape index (κ1) is 18.3. The molecule has 0 radical (unpaired) electrons. The minimum absolute atomic E-state index is 0.173. The second kappa shape index (κ2) is 7.87. The molecule has 0 saturated heterocycles. The number of aromatic nitrogens is 2. The summed E-state index contributed by atoms with van der Waals surface area (Å²) in [5.74, 6) is 0.647. The molecule has 0 unspecified atom stereocenters. The van der Waals surface area contributed by atoms with E-state index in [0.29, 0.717) is 17.1 Å². The summed E-state index contributed by atoms with van der Waals surface area (Å²) >= 11 is 6.01. The van der Waals surface area contributed by atoms with Gasteiger partial charge in [0.15, 0.2) is 0 Å². The molecule has 1 aromatic heterocycles. The van der Waals surface area contributed by atoms with Crippen LogP contribution in [0, 0.1) is 0 Å². The van der Waals surface area contributed by atoms with Crippen molar-refractivity contribution in [2.24, 2.45) is 0 Å². The molecule has 0 aliphatic rings. The smallest absolute Gasteiger partial charge is 0.251 e. The van der Waals surface area contributed by atoms with Gasteiger partial charge in [-0.3, -0.25) is 4.79 Å². The average molecular weight is 390 g/mol. The van der Waals surface area contributed by atoms with E-state index in [1.54, 1.807) is 24.3 Å². The quantitative estimate of drug-likeness (QED) is 0.508. The van der Waals surface area contributed by atoms with Crippen molar-refractivity contribution >= 4 is 28.5 Å². The van der Waals surface area contributed by atoms with Crippen molar-refractivity contribution < 1.29 is 4.79 Å². The molecule has 0 aliphatic carbocycles. The van der Waals surface area contributed by atoms with Gasteiger partial charge in [-0.1, -0.05) is 60.1 Å². The predicted molar refractivity (Wildman–Crippen MR) is 113 cm³/mol. The molecule has 0 fully saturated rings. The molecule has 0 saturated carbocycles. The number of halogens is 1. The molecule has 4 nitrogen and oxygen atoms in total. The molecular weight excluding hydrogens is 370 g/mol. The standard InChI is InChI=1S/C23H20ClN3O/c1-16(25-23(28)18-10-7-11-19(24)14-18)22-26-20-12-5-6-13-21(20)27(22)15-17-8-3-2-4-9-17/h2-14,16H,15H2,1H3,(H,25,28)/t16-/m0/s1. The minimum atomic E-state index is -0.261. The predicted octanol–water partition coefficient (Wildman–Crippen LogP) is 5.23. The van der Waals surface area contributed by atoms with Crippen molar-refractivity contribution in [3.63, 3.8) is 0 Å². The van der Waals surface area contributed by atoms with Crippen LogP contribution >= 0.6 is 11.6 Å². The summed E-state index contributed by atoms with van der Waals surface area (Å²) in [6.07, 6.45) is 0. The van der Waals surface area contributed by atoms with E-state index < -0.39 is 0 Å². The third-order valence-electron chi connectivity index (χ3n) is 4.69. The van der Waals surface area contributed by atoms with Crippen LogP contribution in [0.25, 0.3) is 11.0 Å². The van der Waals surface area contributed by atoms with Crippen LogP contribution in [0.4, 0.5) is 0 Å². The van der Waals surface area contributed by atoms with E-state index >= 15 is 0 Å². The zero-order valence-corrected chi connectivity index (χ0v) is 16.2. The molecule has 1 N–H and O–H groups in total. The number of nitrogens with one attached hydrogen (secondary N) is 1. The van der Waals surface area contributed by atoms with Crippen molar-refractivity contribution in [3.8, 4) is 0 Å². The van der Waals surface area contributed by atoms with Crippen molar-refractivity contribution in [1.29, 1.82) is 0 Å². The Hall–Kier alpha value is -3.11. The number of hydrogen-bond acceptors (Lipinski definition) is 2. The second-order valence-corrected chi connectivity index (χ2v) is 7.17. The van der Waals surface area contributed by atoms with Gasteiger partial charge in [0.25, 0.3) is 5.91 Å². The van der Waals surface area contributed by atoms with E-state index in [4.69, 9.17) is 16.6 Å². The van der Waals surface area contributed by atoms with Gasteiger partial charge in [-0.15, -0.1) is 0 Å². The topological polar surface area (TPSA) is 46.9 Å². The molecule has 0 aliphatic heterocycles. The number of rotatable bonds is 5. The molecule has 4 rings (SSSR count). The lowest BCUT2D eigenvalue weighted by atomic mass is 10.2. The number of imidazole rings is 1. The molecule has 5 heteroatoms. The maximum Gasteiger partial charge on any atom is 0.251 e. The lowest BCUT2D eigenvalue weighted by Crippen LogP contribution is -2.28. The minimum Gasteiger partial charge on any atom is -0.342 e. The number of nitrogens with zero attached hydrogens (tertiary/aromatic N) is 2. The molecule has 140 valence electrons. The van der Waals surface area contributed by atoms with Gasteiger partial charge in [0.05, 0.1) is 17.1 Å². The fraction of sp³-hybridized carbons (Fsp3) is 0.130. The largest absolute Gasteiger partial charge is 0.342 e. The van der Waals surface area contributed by atoms with Crippen molar-refractivity contribution in [2.75, 3.05) is 0 Å². The zero-order chi connectivity index (χ0) is 19.5. The normalized spacial score (nSPS) is 12.1. The molecule has 1 amide bonds. The first-order valence-corrected chi connectivity index (χ1v) is 9.55. The SMILES string of the molecule is C[C@H](NC(=O)c1cccc(Cl)c1)c1nc2ccccc2n1Cc1ccccc1. The van der Waals surface area contributed by atoms with Crippen LogP contribution < -0.4 is 5.32 Å². The monoisotopic (exact) mass is 389 g/mol. The summed E-state index contributed by atoms with van der Waals surface area (Å²) < 4.78 is 2.16. The van der Waals surface area contributed by atoms with Crippen molar-refractivity contribution in [2.45, 2.75) is 19.5 Å². The van der Waals surface area contributed by atoms with Gasteiger partial charge >= 0.3 is 0 Å². The van der Waals surface area contributed by atoms with Crippen LogP contribution in [0.15, 0.2) is 78.9 Å². The molecule has 1 heterocycles. The summed E-state index contributed by atoms with van der Waals surface area (Å²) in [6.45, 7) is 2.64. The Bertz CT molecular complexity index is 1120. The summed E-state index contributed by atoms with van der Waals surface area (Å²) in [4.78, 5) is 17.5. The van der Waals surface area contributed by atoms with Crippen LogP contribution in [0.2, 0.25) is 5.02 Å². The van der Waals surface area contributed by atoms with Crippen molar-refractivity contribution in [3.05, 3.63) is 101 Å². The lowest BCUT2D eigenvalue weighted by molar-refractivity contribution is 0.0938. The number of para-hydroxylation sites is 2. The van der Waals surface area contributed by atoms with Gasteiger partial charge in [-0.05, 0) is 42.8 Å². The summed E-state index contributed by atoms with van der Waals surface area (Å²) in [5, 5.41) is 3.58. The highest BCUT2D eigenvalue weighted by molar-refractivity contribution is 6.30. The number of benzene rings is 3. The summed E-state index contributed by atoms with van der Waals surface area (Å²) in [6, 6.07) is 24.9. The first-order chi connectivity index (χ1) is 13.6. The maximum atomic E-state index is 12.7.